The van der Waals surface area contributed by atoms with Crippen molar-refractivity contribution in [2.24, 2.45) is 0 Å². The summed E-state index contributed by atoms with van der Waals surface area (Å²) in [6.07, 6.45) is 0. The van der Waals surface area contributed by atoms with Crippen LogP contribution in [-0.2, 0) is 11.3 Å². The molecule has 1 heterocycles. The standard InChI is InChI=1S/C11H18N2O2/c1-3-15-7-6-12-8-10-11(14)5-4-9(2)13-10/h4-5,12,14H,3,6-8H2,1-2H3. The van der Waals surface area contributed by atoms with Gasteiger partial charge < -0.3 is 15.2 Å². The smallest absolute Gasteiger partial charge is 0.138 e. The van der Waals surface area contributed by atoms with Gasteiger partial charge in [-0.2, -0.15) is 0 Å². The molecule has 0 aliphatic heterocycles. The second kappa shape index (κ2) is 6.37. The van der Waals surface area contributed by atoms with E-state index in [9.17, 15) is 5.11 Å². The van der Waals surface area contributed by atoms with Crippen LogP contribution in [0.25, 0.3) is 0 Å². The van der Waals surface area contributed by atoms with Gasteiger partial charge in [0.25, 0.3) is 0 Å². The molecule has 0 amide bonds. The minimum Gasteiger partial charge on any atom is -0.506 e. The molecule has 1 rings (SSSR count). The zero-order valence-electron chi connectivity index (χ0n) is 9.29. The number of hydrogen-bond donors (Lipinski definition) is 2. The van der Waals surface area contributed by atoms with E-state index in [2.05, 4.69) is 10.3 Å². The van der Waals surface area contributed by atoms with E-state index in [1.54, 1.807) is 12.1 Å². The lowest BCUT2D eigenvalue weighted by molar-refractivity contribution is 0.149. The summed E-state index contributed by atoms with van der Waals surface area (Å²) < 4.78 is 5.18. The molecular formula is C11H18N2O2. The first-order chi connectivity index (χ1) is 7.24. The first-order valence-electron chi connectivity index (χ1n) is 5.18. The van der Waals surface area contributed by atoms with Crippen molar-refractivity contribution in [1.82, 2.24) is 10.3 Å². The van der Waals surface area contributed by atoms with Crippen molar-refractivity contribution in [3.05, 3.63) is 23.5 Å². The first-order valence-corrected chi connectivity index (χ1v) is 5.18. The lowest BCUT2D eigenvalue weighted by atomic mass is 10.3. The zero-order chi connectivity index (χ0) is 11.1. The lowest BCUT2D eigenvalue weighted by Crippen LogP contribution is -2.20. The highest BCUT2D eigenvalue weighted by molar-refractivity contribution is 5.27. The maximum atomic E-state index is 9.50. The maximum absolute atomic E-state index is 9.50. The summed E-state index contributed by atoms with van der Waals surface area (Å²) >= 11 is 0. The summed E-state index contributed by atoms with van der Waals surface area (Å²) in [6, 6.07) is 3.46. The largest absolute Gasteiger partial charge is 0.506 e. The number of nitrogens with zero attached hydrogens (tertiary/aromatic N) is 1. The Hall–Kier alpha value is -1.13. The molecule has 2 N–H and O–H groups in total. The van der Waals surface area contributed by atoms with E-state index < -0.39 is 0 Å². The quantitative estimate of drug-likeness (QED) is 0.693. The van der Waals surface area contributed by atoms with Gasteiger partial charge >= 0.3 is 0 Å². The van der Waals surface area contributed by atoms with Gasteiger partial charge in [0.2, 0.25) is 0 Å². The Morgan fingerprint density at radius 3 is 3.00 bits per heavy atom. The van der Waals surface area contributed by atoms with Gasteiger partial charge in [0.05, 0.1) is 12.3 Å². The molecule has 0 aromatic carbocycles. The zero-order valence-corrected chi connectivity index (χ0v) is 9.29. The minimum atomic E-state index is 0.240. The Balaban J connectivity index is 2.33. The molecule has 15 heavy (non-hydrogen) atoms. The average Bonchev–Trinajstić information content (AvgIpc) is 2.23. The molecule has 1 aromatic heterocycles. The molecule has 0 aliphatic carbocycles. The normalized spacial score (nSPS) is 10.5. The van der Waals surface area contributed by atoms with E-state index in [0.29, 0.717) is 18.8 Å². The number of aryl methyl sites for hydroxylation is 1. The van der Waals surface area contributed by atoms with Crippen LogP contribution in [0.2, 0.25) is 0 Å². The van der Waals surface area contributed by atoms with Crippen LogP contribution in [0.4, 0.5) is 0 Å². The fourth-order valence-electron chi connectivity index (χ4n) is 1.23. The molecule has 1 aromatic rings. The average molecular weight is 210 g/mol. The van der Waals surface area contributed by atoms with E-state index in [1.807, 2.05) is 13.8 Å². The number of pyridine rings is 1. The molecule has 0 spiro atoms. The van der Waals surface area contributed by atoms with E-state index in [0.717, 1.165) is 18.8 Å². The predicted molar refractivity (Wildman–Crippen MR) is 58.8 cm³/mol. The monoisotopic (exact) mass is 210 g/mol. The number of hydrogen-bond acceptors (Lipinski definition) is 4. The minimum absolute atomic E-state index is 0.240. The maximum Gasteiger partial charge on any atom is 0.138 e. The molecule has 0 saturated heterocycles. The predicted octanol–water partition coefficient (Wildman–Crippen LogP) is 1.22. The Morgan fingerprint density at radius 1 is 1.47 bits per heavy atom. The Labute approximate surface area is 90.3 Å². The molecule has 4 nitrogen and oxygen atoms in total. The van der Waals surface area contributed by atoms with Crippen molar-refractivity contribution in [2.75, 3.05) is 19.8 Å². The summed E-state index contributed by atoms with van der Waals surface area (Å²) in [5.41, 5.74) is 1.60. The number of aromatic hydroxyl groups is 1. The van der Waals surface area contributed by atoms with Gasteiger partial charge in [0.15, 0.2) is 0 Å². The van der Waals surface area contributed by atoms with Gasteiger partial charge in [-0.15, -0.1) is 0 Å². The second-order valence-electron chi connectivity index (χ2n) is 3.29. The SMILES string of the molecule is CCOCCNCc1nc(C)ccc1O. The van der Waals surface area contributed by atoms with Gasteiger partial charge in [0.1, 0.15) is 5.75 Å². The van der Waals surface area contributed by atoms with Crippen LogP contribution in [0.1, 0.15) is 18.3 Å². The third-order valence-electron chi connectivity index (χ3n) is 2.01. The Morgan fingerprint density at radius 2 is 2.27 bits per heavy atom. The van der Waals surface area contributed by atoms with Crippen LogP contribution in [0.15, 0.2) is 12.1 Å². The molecule has 0 fully saturated rings. The first kappa shape index (κ1) is 11.9. The van der Waals surface area contributed by atoms with Crippen LogP contribution in [0, 0.1) is 6.92 Å². The van der Waals surface area contributed by atoms with Crippen molar-refractivity contribution >= 4 is 0 Å². The van der Waals surface area contributed by atoms with Gasteiger partial charge in [0, 0.05) is 25.4 Å². The van der Waals surface area contributed by atoms with Crippen molar-refractivity contribution in [3.63, 3.8) is 0 Å². The fraction of sp³-hybridized carbons (Fsp3) is 0.545. The van der Waals surface area contributed by atoms with Crippen molar-refractivity contribution in [2.45, 2.75) is 20.4 Å². The Bertz CT molecular complexity index is 303. The fourth-order valence-corrected chi connectivity index (χ4v) is 1.23. The molecule has 0 radical (unpaired) electrons. The van der Waals surface area contributed by atoms with Crippen molar-refractivity contribution in [3.8, 4) is 5.75 Å². The molecule has 0 bridgehead atoms. The summed E-state index contributed by atoms with van der Waals surface area (Å²) in [4.78, 5) is 4.24. The van der Waals surface area contributed by atoms with E-state index in [-0.39, 0.29) is 5.75 Å². The van der Waals surface area contributed by atoms with E-state index in [1.165, 1.54) is 0 Å². The lowest BCUT2D eigenvalue weighted by Gasteiger charge is -2.06. The molecule has 0 atom stereocenters. The second-order valence-corrected chi connectivity index (χ2v) is 3.29. The highest BCUT2D eigenvalue weighted by Crippen LogP contribution is 2.13. The molecule has 0 unspecified atom stereocenters. The molecular weight excluding hydrogens is 192 g/mol. The summed E-state index contributed by atoms with van der Waals surface area (Å²) in [6.45, 7) is 6.62. The number of rotatable bonds is 6. The summed E-state index contributed by atoms with van der Waals surface area (Å²) in [7, 11) is 0. The van der Waals surface area contributed by atoms with Crippen LogP contribution in [0.5, 0.6) is 5.75 Å². The van der Waals surface area contributed by atoms with Gasteiger partial charge in [-0.1, -0.05) is 0 Å². The molecule has 84 valence electrons. The topological polar surface area (TPSA) is 54.4 Å². The third kappa shape index (κ3) is 4.27. The van der Waals surface area contributed by atoms with Gasteiger partial charge in [-0.3, -0.25) is 4.98 Å². The van der Waals surface area contributed by atoms with E-state index in [4.69, 9.17) is 4.74 Å². The van der Waals surface area contributed by atoms with Crippen LogP contribution in [-0.4, -0.2) is 29.8 Å². The number of nitrogens with one attached hydrogen (secondary N) is 1. The van der Waals surface area contributed by atoms with E-state index >= 15 is 0 Å². The van der Waals surface area contributed by atoms with Crippen LogP contribution in [0.3, 0.4) is 0 Å². The summed E-state index contributed by atoms with van der Waals surface area (Å²) in [5.74, 6) is 0.240. The highest BCUT2D eigenvalue weighted by Gasteiger charge is 2.01. The van der Waals surface area contributed by atoms with Gasteiger partial charge in [-0.25, -0.2) is 0 Å². The number of ether oxygens (including phenoxy) is 1. The number of aromatic nitrogens is 1. The Kier molecular flexibility index (Phi) is 5.07. The molecule has 4 heteroatoms. The third-order valence-corrected chi connectivity index (χ3v) is 2.01. The van der Waals surface area contributed by atoms with Crippen molar-refractivity contribution < 1.29 is 9.84 Å². The molecule has 0 saturated carbocycles. The highest BCUT2D eigenvalue weighted by atomic mass is 16.5. The molecule has 0 aliphatic rings. The van der Waals surface area contributed by atoms with Crippen LogP contribution < -0.4 is 5.32 Å². The van der Waals surface area contributed by atoms with Crippen molar-refractivity contribution in [1.29, 1.82) is 0 Å². The summed E-state index contributed by atoms with van der Waals surface area (Å²) in [5, 5.41) is 12.7. The van der Waals surface area contributed by atoms with Crippen LogP contribution >= 0.6 is 0 Å². The van der Waals surface area contributed by atoms with Gasteiger partial charge in [-0.05, 0) is 26.0 Å².